The Morgan fingerprint density at radius 2 is 0.638 bits per heavy atom. The Morgan fingerprint density at radius 3 is 0.931 bits per heavy atom. The maximum absolute atomic E-state index is 9.75. The topological polar surface area (TPSA) is 46.7 Å². The van der Waals surface area contributed by atoms with Crippen molar-refractivity contribution in [3.63, 3.8) is 0 Å². The largest absolute Gasteiger partial charge is 0.673 e. The Hall–Kier alpha value is -6.69. The van der Waals surface area contributed by atoms with Gasteiger partial charge in [0.15, 0.2) is 24.8 Å². The molecule has 6 aromatic rings. The van der Waals surface area contributed by atoms with E-state index in [4.69, 9.17) is 9.47 Å². The molecular formula is C44H36B2F8N2O2. The molecule has 2 unspecified atom stereocenters. The molecule has 0 saturated heterocycles. The molecule has 0 radical (unpaired) electrons. The summed E-state index contributed by atoms with van der Waals surface area (Å²) in [6.07, 6.45) is 16.2. The molecule has 2 aromatic heterocycles. The zero-order valence-electron chi connectivity index (χ0n) is 30.6. The predicted octanol–water partition coefficient (Wildman–Crippen LogP) is 12.0. The molecule has 4 aromatic carbocycles. The van der Waals surface area contributed by atoms with Crippen molar-refractivity contribution in [2.75, 3.05) is 0 Å². The third-order valence-electron chi connectivity index (χ3n) is 8.22. The molecule has 0 spiro atoms. The summed E-state index contributed by atoms with van der Waals surface area (Å²) in [6.45, 7) is 0. The average Bonchev–Trinajstić information content (AvgIpc) is 3.24. The van der Waals surface area contributed by atoms with Crippen molar-refractivity contribution < 1.29 is 54.0 Å². The Balaban J connectivity index is 0.000000180. The molecule has 0 bridgehead atoms. The van der Waals surface area contributed by atoms with Crippen LogP contribution < -0.4 is 9.97 Å². The number of rotatable bonds is 6. The molecule has 0 amide bonds. The Kier molecular flexibility index (Phi) is 15.0. The van der Waals surface area contributed by atoms with Crippen LogP contribution in [-0.4, -0.2) is 14.5 Å². The molecule has 0 aliphatic carbocycles. The van der Waals surface area contributed by atoms with Crippen molar-refractivity contribution in [1.29, 1.82) is 0 Å². The van der Waals surface area contributed by atoms with Crippen molar-refractivity contribution >= 4 is 37.2 Å². The lowest BCUT2D eigenvalue weighted by molar-refractivity contribution is -0.378. The van der Waals surface area contributed by atoms with Crippen molar-refractivity contribution in [1.82, 2.24) is 0 Å². The molecule has 296 valence electrons. The second-order valence-electron chi connectivity index (χ2n) is 12.5. The normalized spacial score (nSPS) is 15.9. The molecule has 4 heterocycles. The molecular weight excluding hydrogens is 762 g/mol. The fraction of sp³-hybridized carbons (Fsp3) is 0.0455. The minimum absolute atomic E-state index is 0.0920. The minimum atomic E-state index is -6.00. The molecule has 2 atom stereocenters. The van der Waals surface area contributed by atoms with Gasteiger partial charge in [0.05, 0.1) is 0 Å². The number of ether oxygens (including phenoxy) is 2. The highest BCUT2D eigenvalue weighted by Gasteiger charge is 2.23. The van der Waals surface area contributed by atoms with E-state index in [9.17, 15) is 34.5 Å². The second-order valence-corrected chi connectivity index (χ2v) is 12.5. The highest BCUT2D eigenvalue weighted by atomic mass is 19.5. The summed E-state index contributed by atoms with van der Waals surface area (Å²) >= 11 is 0. The zero-order chi connectivity index (χ0) is 41.4. The number of halogens is 8. The van der Waals surface area contributed by atoms with Crippen LogP contribution in [0.1, 0.15) is 45.6 Å². The SMILES string of the molecule is C1=C(c2cc[nH+]cc2)C=C(c2ccccc2)OC1c1ccccc1.C1=C(c2cc[nH+]cc2)C=C(c2ccccc2)OC1c1ccccc1.F[B-](F)(F)F.F[B-](F)(F)F. The summed E-state index contributed by atoms with van der Waals surface area (Å²) in [5, 5.41) is 0. The van der Waals surface area contributed by atoms with Gasteiger partial charge in [-0.1, -0.05) is 121 Å². The van der Waals surface area contributed by atoms with E-state index in [1.807, 2.05) is 97.6 Å². The van der Waals surface area contributed by atoms with E-state index >= 15 is 0 Å². The number of allylic oxidation sites excluding steroid dienone is 4. The number of H-pyrrole nitrogens is 2. The highest BCUT2D eigenvalue weighted by Crippen LogP contribution is 2.37. The van der Waals surface area contributed by atoms with Gasteiger partial charge < -0.3 is 44.0 Å². The lowest BCUT2D eigenvalue weighted by Gasteiger charge is -2.24. The Bertz CT molecular complexity index is 2100. The van der Waals surface area contributed by atoms with Crippen molar-refractivity contribution in [2.24, 2.45) is 0 Å². The number of aromatic nitrogens is 2. The maximum Gasteiger partial charge on any atom is 0.673 e. The van der Waals surface area contributed by atoms with Crippen molar-refractivity contribution in [3.05, 3.63) is 228 Å². The lowest BCUT2D eigenvalue weighted by atomic mass is 9.97. The summed E-state index contributed by atoms with van der Waals surface area (Å²) in [4.78, 5) is 6.16. The summed E-state index contributed by atoms with van der Waals surface area (Å²) in [5.74, 6) is 1.80. The van der Waals surface area contributed by atoms with Crippen LogP contribution in [0, 0.1) is 0 Å². The monoisotopic (exact) mass is 798 g/mol. The first-order valence-electron chi connectivity index (χ1n) is 17.9. The van der Waals surface area contributed by atoms with Crippen LogP contribution in [0.15, 0.2) is 195 Å². The number of pyridine rings is 2. The van der Waals surface area contributed by atoms with Gasteiger partial charge in [-0.15, -0.1) is 0 Å². The van der Waals surface area contributed by atoms with Gasteiger partial charge in [-0.25, -0.2) is 9.97 Å². The summed E-state index contributed by atoms with van der Waals surface area (Å²) < 4.78 is 90.6. The van der Waals surface area contributed by atoms with Gasteiger partial charge in [-0.05, 0) is 57.7 Å². The van der Waals surface area contributed by atoms with E-state index in [2.05, 4.69) is 107 Å². The maximum atomic E-state index is 9.75. The average molecular weight is 798 g/mol. The van der Waals surface area contributed by atoms with Gasteiger partial charge in [-0.3, -0.25) is 0 Å². The molecule has 2 N–H and O–H groups in total. The van der Waals surface area contributed by atoms with Gasteiger partial charge in [-0.2, -0.15) is 0 Å². The van der Waals surface area contributed by atoms with Crippen LogP contribution >= 0.6 is 0 Å². The quantitative estimate of drug-likeness (QED) is 0.124. The van der Waals surface area contributed by atoms with Crippen LogP contribution in [0.2, 0.25) is 0 Å². The molecule has 8 rings (SSSR count). The van der Waals surface area contributed by atoms with Crippen molar-refractivity contribution in [3.8, 4) is 0 Å². The standard InChI is InChI=1S/2C22H17NO.2BF4/c2*1-3-7-18(8-4-1)21-15-20(17-11-13-23-14-12-17)16-22(24-21)19-9-5-2-6-10-19;2*2-1(3,4)5/h2*1-16,21H;;/q;;2*-1/p+2. The number of hydrogen-bond acceptors (Lipinski definition) is 2. The molecule has 2 aliphatic heterocycles. The van der Waals surface area contributed by atoms with Crippen LogP contribution in [0.25, 0.3) is 22.7 Å². The first-order chi connectivity index (χ1) is 27.8. The molecule has 0 fully saturated rings. The van der Waals surface area contributed by atoms with E-state index in [0.717, 1.165) is 33.8 Å². The Labute approximate surface area is 330 Å². The van der Waals surface area contributed by atoms with E-state index in [1.165, 1.54) is 22.3 Å². The first-order valence-corrected chi connectivity index (χ1v) is 17.9. The van der Waals surface area contributed by atoms with Gasteiger partial charge >= 0.3 is 14.5 Å². The first kappa shape index (κ1) is 42.5. The summed E-state index contributed by atoms with van der Waals surface area (Å²) in [5.41, 5.74) is 9.17. The number of hydrogen-bond donors (Lipinski definition) is 0. The zero-order valence-corrected chi connectivity index (χ0v) is 30.6. The van der Waals surface area contributed by atoms with Crippen LogP contribution in [0.3, 0.4) is 0 Å². The number of nitrogens with one attached hydrogen (secondary N) is 2. The third kappa shape index (κ3) is 14.4. The van der Waals surface area contributed by atoms with E-state index in [-0.39, 0.29) is 12.2 Å². The fourth-order valence-corrected chi connectivity index (χ4v) is 5.75. The highest BCUT2D eigenvalue weighted by molar-refractivity contribution is 6.50. The predicted molar refractivity (Wildman–Crippen MR) is 212 cm³/mol. The van der Waals surface area contributed by atoms with Gasteiger partial charge in [0.25, 0.3) is 0 Å². The smallest absolute Gasteiger partial charge is 0.481 e. The van der Waals surface area contributed by atoms with Crippen LogP contribution in [0.5, 0.6) is 0 Å². The third-order valence-corrected chi connectivity index (χ3v) is 8.22. The van der Waals surface area contributed by atoms with Gasteiger partial charge in [0, 0.05) is 35.4 Å². The van der Waals surface area contributed by atoms with Crippen molar-refractivity contribution in [2.45, 2.75) is 12.2 Å². The number of aromatic amines is 2. The molecule has 14 heteroatoms. The van der Waals surface area contributed by atoms with Crippen LogP contribution in [-0.2, 0) is 9.47 Å². The van der Waals surface area contributed by atoms with E-state index in [0.29, 0.717) is 0 Å². The summed E-state index contributed by atoms with van der Waals surface area (Å²) in [7, 11) is -12.0. The summed E-state index contributed by atoms with van der Waals surface area (Å²) in [6, 6.07) is 49.5. The minimum Gasteiger partial charge on any atom is -0.481 e. The number of benzene rings is 4. The van der Waals surface area contributed by atoms with Gasteiger partial charge in [0.1, 0.15) is 23.7 Å². The molecule has 4 nitrogen and oxygen atoms in total. The molecule has 2 aliphatic rings. The fourth-order valence-electron chi connectivity index (χ4n) is 5.75. The Morgan fingerprint density at radius 1 is 0.362 bits per heavy atom. The second kappa shape index (κ2) is 20.5. The molecule has 58 heavy (non-hydrogen) atoms. The molecule has 0 saturated carbocycles. The van der Waals surface area contributed by atoms with E-state index in [1.54, 1.807) is 0 Å². The van der Waals surface area contributed by atoms with Gasteiger partial charge in [0.2, 0.25) is 0 Å². The lowest BCUT2D eigenvalue weighted by Crippen LogP contribution is -2.07. The van der Waals surface area contributed by atoms with Crippen LogP contribution in [0.4, 0.5) is 34.5 Å². The van der Waals surface area contributed by atoms with E-state index < -0.39 is 14.5 Å².